The maximum atomic E-state index is 12.5. The first-order valence-corrected chi connectivity index (χ1v) is 9.73. The van der Waals surface area contributed by atoms with E-state index in [2.05, 4.69) is 9.88 Å². The Kier molecular flexibility index (Phi) is 4.85. The van der Waals surface area contributed by atoms with Crippen molar-refractivity contribution in [2.75, 3.05) is 46.0 Å². The molecule has 7 heteroatoms. The maximum absolute atomic E-state index is 12.5. The molecular weight excluding hydrogens is 326 g/mol. The van der Waals surface area contributed by atoms with Crippen molar-refractivity contribution in [1.29, 1.82) is 0 Å². The van der Waals surface area contributed by atoms with Gasteiger partial charge in [-0.25, -0.2) is 4.98 Å². The Morgan fingerprint density at radius 3 is 2.92 bits per heavy atom. The quantitative estimate of drug-likeness (QED) is 0.823. The van der Waals surface area contributed by atoms with E-state index in [0.717, 1.165) is 65.2 Å². The highest BCUT2D eigenvalue weighted by Gasteiger charge is 2.41. The second kappa shape index (κ2) is 7.07. The van der Waals surface area contributed by atoms with Gasteiger partial charge in [0.15, 0.2) is 0 Å². The number of piperidine rings is 1. The Balaban J connectivity index is 1.32. The molecule has 0 radical (unpaired) electrons. The van der Waals surface area contributed by atoms with Crippen LogP contribution in [0.3, 0.4) is 0 Å². The number of ether oxygens (including phenoxy) is 2. The van der Waals surface area contributed by atoms with Crippen LogP contribution in [0.2, 0.25) is 0 Å². The highest BCUT2D eigenvalue weighted by atomic mass is 32.1. The molecular formula is C17H25N3O3S. The van der Waals surface area contributed by atoms with Gasteiger partial charge in [-0.2, -0.15) is 0 Å². The van der Waals surface area contributed by atoms with E-state index in [1.165, 1.54) is 5.01 Å². The van der Waals surface area contributed by atoms with E-state index in [1.54, 1.807) is 11.3 Å². The van der Waals surface area contributed by atoms with Crippen LogP contribution in [0.15, 0.2) is 11.6 Å². The minimum atomic E-state index is -0.0849. The van der Waals surface area contributed by atoms with Crippen LogP contribution in [0, 0.1) is 5.92 Å². The predicted octanol–water partition coefficient (Wildman–Crippen LogP) is 1.37. The number of thiazole rings is 1. The van der Waals surface area contributed by atoms with Crippen molar-refractivity contribution in [2.45, 2.75) is 31.4 Å². The normalized spacial score (nSPS) is 27.7. The fourth-order valence-corrected chi connectivity index (χ4v) is 4.66. The first kappa shape index (κ1) is 16.4. The summed E-state index contributed by atoms with van der Waals surface area (Å²) in [6.07, 6.45) is 4.60. The van der Waals surface area contributed by atoms with Crippen LogP contribution < -0.4 is 0 Å². The molecule has 1 aromatic rings. The fourth-order valence-electron chi connectivity index (χ4n) is 4.01. The number of hydrogen-bond acceptors (Lipinski definition) is 6. The average molecular weight is 351 g/mol. The van der Waals surface area contributed by atoms with E-state index in [1.807, 2.05) is 16.5 Å². The number of nitrogens with zero attached hydrogens (tertiary/aromatic N) is 3. The smallest absolute Gasteiger partial charge is 0.228 e. The van der Waals surface area contributed by atoms with Crippen LogP contribution in [0.25, 0.3) is 0 Å². The van der Waals surface area contributed by atoms with Crippen LogP contribution in [0.4, 0.5) is 0 Å². The number of hydrogen-bond donors (Lipinski definition) is 0. The summed E-state index contributed by atoms with van der Waals surface area (Å²) in [4.78, 5) is 21.4. The summed E-state index contributed by atoms with van der Waals surface area (Å²) >= 11 is 1.71. The summed E-state index contributed by atoms with van der Waals surface area (Å²) in [5.74, 6) is 0.352. The number of aromatic nitrogens is 1. The molecule has 3 aliphatic heterocycles. The maximum Gasteiger partial charge on any atom is 0.228 e. The third-order valence-corrected chi connectivity index (χ3v) is 6.20. The van der Waals surface area contributed by atoms with E-state index >= 15 is 0 Å². The molecule has 4 rings (SSSR count). The molecule has 1 atom stereocenters. The summed E-state index contributed by atoms with van der Waals surface area (Å²) in [5.41, 5.74) is -0.0849. The molecule has 0 N–H and O–H groups in total. The van der Waals surface area contributed by atoms with Crippen molar-refractivity contribution in [3.8, 4) is 0 Å². The molecule has 3 aliphatic rings. The second-order valence-corrected chi connectivity index (χ2v) is 8.03. The van der Waals surface area contributed by atoms with Gasteiger partial charge in [0, 0.05) is 44.4 Å². The number of carbonyl (C=O) groups excluding carboxylic acids is 1. The lowest BCUT2D eigenvalue weighted by Gasteiger charge is -2.47. The third kappa shape index (κ3) is 3.49. The van der Waals surface area contributed by atoms with Gasteiger partial charge in [-0.3, -0.25) is 9.69 Å². The van der Waals surface area contributed by atoms with Crippen molar-refractivity contribution in [1.82, 2.24) is 14.8 Å². The monoisotopic (exact) mass is 351 g/mol. The molecule has 0 bridgehead atoms. The van der Waals surface area contributed by atoms with E-state index < -0.39 is 0 Å². The summed E-state index contributed by atoms with van der Waals surface area (Å²) < 4.78 is 11.5. The standard InChI is InChI=1S/C17H25N3O3S/c21-16(14-1-8-22-12-14)20-5-2-17(3-6-20)13-19(7-9-23-17)11-15-18-4-10-24-15/h4,10,14H,1-3,5-9,11-13H2/t14-/m1/s1. The Hall–Kier alpha value is -1.02. The van der Waals surface area contributed by atoms with Gasteiger partial charge in [0.1, 0.15) is 5.01 Å². The Morgan fingerprint density at radius 2 is 2.21 bits per heavy atom. The number of carbonyl (C=O) groups is 1. The highest BCUT2D eigenvalue weighted by molar-refractivity contribution is 7.09. The number of amides is 1. The molecule has 132 valence electrons. The van der Waals surface area contributed by atoms with Gasteiger partial charge < -0.3 is 14.4 Å². The largest absolute Gasteiger partial charge is 0.381 e. The molecule has 0 aliphatic carbocycles. The van der Waals surface area contributed by atoms with Crippen molar-refractivity contribution in [3.05, 3.63) is 16.6 Å². The Bertz CT molecular complexity index is 551. The van der Waals surface area contributed by atoms with Gasteiger partial charge in [-0.05, 0) is 19.3 Å². The molecule has 0 unspecified atom stereocenters. The van der Waals surface area contributed by atoms with E-state index in [-0.39, 0.29) is 17.4 Å². The van der Waals surface area contributed by atoms with Crippen LogP contribution >= 0.6 is 11.3 Å². The summed E-state index contributed by atoms with van der Waals surface area (Å²) in [5, 5.41) is 3.20. The molecule has 3 fully saturated rings. The number of rotatable bonds is 3. The molecule has 24 heavy (non-hydrogen) atoms. The zero-order chi connectivity index (χ0) is 16.4. The first-order valence-electron chi connectivity index (χ1n) is 8.85. The molecule has 1 amide bonds. The molecule has 0 saturated carbocycles. The van der Waals surface area contributed by atoms with Crippen LogP contribution in [-0.4, -0.2) is 72.3 Å². The van der Waals surface area contributed by atoms with Crippen molar-refractivity contribution < 1.29 is 14.3 Å². The second-order valence-electron chi connectivity index (χ2n) is 7.05. The van der Waals surface area contributed by atoms with Crippen molar-refractivity contribution in [3.63, 3.8) is 0 Å². The van der Waals surface area contributed by atoms with Crippen LogP contribution in [0.1, 0.15) is 24.3 Å². The Labute approximate surface area is 146 Å². The van der Waals surface area contributed by atoms with Gasteiger partial charge in [-0.15, -0.1) is 11.3 Å². The minimum Gasteiger partial charge on any atom is -0.381 e. The van der Waals surface area contributed by atoms with Crippen LogP contribution in [0.5, 0.6) is 0 Å². The van der Waals surface area contributed by atoms with E-state index in [4.69, 9.17) is 9.47 Å². The number of morpholine rings is 1. The minimum absolute atomic E-state index is 0.0766. The first-order chi connectivity index (χ1) is 11.7. The molecule has 6 nitrogen and oxygen atoms in total. The van der Waals surface area contributed by atoms with E-state index in [9.17, 15) is 4.79 Å². The van der Waals surface area contributed by atoms with Gasteiger partial charge in [0.05, 0.1) is 31.3 Å². The number of likely N-dealkylation sites (tertiary alicyclic amines) is 1. The molecule has 4 heterocycles. The highest BCUT2D eigenvalue weighted by Crippen LogP contribution is 2.32. The topological polar surface area (TPSA) is 54.9 Å². The summed E-state index contributed by atoms with van der Waals surface area (Å²) in [7, 11) is 0. The average Bonchev–Trinajstić information content (AvgIpc) is 3.29. The molecule has 1 aromatic heterocycles. The lowest BCUT2D eigenvalue weighted by molar-refractivity contribution is -0.153. The molecule has 3 saturated heterocycles. The molecule has 0 aromatic carbocycles. The third-order valence-electron chi connectivity index (χ3n) is 5.44. The van der Waals surface area contributed by atoms with Crippen molar-refractivity contribution in [2.24, 2.45) is 5.92 Å². The predicted molar refractivity (Wildman–Crippen MR) is 90.8 cm³/mol. The fraction of sp³-hybridized carbons (Fsp3) is 0.765. The zero-order valence-electron chi connectivity index (χ0n) is 14.0. The SMILES string of the molecule is O=C([C@@H]1CCOC1)N1CCC2(CC1)CN(Cc1nccs1)CCO2. The van der Waals surface area contributed by atoms with Crippen molar-refractivity contribution >= 4 is 17.2 Å². The van der Waals surface area contributed by atoms with Crippen LogP contribution in [-0.2, 0) is 20.8 Å². The van der Waals surface area contributed by atoms with Gasteiger partial charge in [0.25, 0.3) is 0 Å². The lowest BCUT2D eigenvalue weighted by atomic mass is 9.88. The molecule has 1 spiro atoms. The lowest BCUT2D eigenvalue weighted by Crippen LogP contribution is -2.57. The van der Waals surface area contributed by atoms with E-state index in [0.29, 0.717) is 6.61 Å². The summed E-state index contributed by atoms with van der Waals surface area (Å²) in [6, 6.07) is 0. The summed E-state index contributed by atoms with van der Waals surface area (Å²) in [6.45, 7) is 6.52. The van der Waals surface area contributed by atoms with Gasteiger partial charge in [-0.1, -0.05) is 0 Å². The van der Waals surface area contributed by atoms with Gasteiger partial charge in [0.2, 0.25) is 5.91 Å². The zero-order valence-corrected chi connectivity index (χ0v) is 14.8. The Morgan fingerprint density at radius 1 is 1.33 bits per heavy atom. The van der Waals surface area contributed by atoms with Gasteiger partial charge >= 0.3 is 0 Å².